The minimum absolute atomic E-state index is 0.0747. The van der Waals surface area contributed by atoms with Crippen molar-refractivity contribution in [2.75, 3.05) is 5.32 Å². The molecule has 2 rings (SSSR count). The Hall–Kier alpha value is -2.08. The van der Waals surface area contributed by atoms with Crippen molar-refractivity contribution in [3.05, 3.63) is 45.1 Å². The van der Waals surface area contributed by atoms with E-state index in [2.05, 4.69) is 20.5 Å². The van der Waals surface area contributed by atoms with Crippen molar-refractivity contribution >= 4 is 23.2 Å². The number of halogens is 1. The third-order valence-electron chi connectivity index (χ3n) is 2.23. The molecule has 0 spiro atoms. The molecule has 0 aliphatic rings. The van der Waals surface area contributed by atoms with Gasteiger partial charge in [0.1, 0.15) is 0 Å². The molecule has 1 amide bonds. The number of H-pyrrole nitrogens is 2. The molecule has 88 valence electrons. The van der Waals surface area contributed by atoms with Crippen LogP contribution in [0.3, 0.4) is 0 Å². The lowest BCUT2D eigenvalue weighted by molar-refractivity contribution is 0.101. The maximum absolute atomic E-state index is 11.7. The van der Waals surface area contributed by atoms with Gasteiger partial charge in [0.2, 0.25) is 5.82 Å². The van der Waals surface area contributed by atoms with Crippen LogP contribution in [0.25, 0.3) is 0 Å². The molecule has 6 nitrogen and oxygen atoms in total. The van der Waals surface area contributed by atoms with Gasteiger partial charge in [-0.3, -0.25) is 9.78 Å². The van der Waals surface area contributed by atoms with E-state index in [9.17, 15) is 9.59 Å². The Balaban J connectivity index is 2.24. The van der Waals surface area contributed by atoms with Crippen molar-refractivity contribution in [1.82, 2.24) is 15.2 Å². The number of rotatable bonds is 2. The monoisotopic (exact) mass is 252 g/mol. The van der Waals surface area contributed by atoms with E-state index in [1.807, 2.05) is 0 Å². The zero-order valence-electron chi connectivity index (χ0n) is 8.87. The van der Waals surface area contributed by atoms with Crippen LogP contribution in [0.4, 0.5) is 5.69 Å². The van der Waals surface area contributed by atoms with Crippen molar-refractivity contribution in [2.24, 2.45) is 0 Å². The van der Waals surface area contributed by atoms with E-state index < -0.39 is 11.6 Å². The second-order valence-corrected chi connectivity index (χ2v) is 3.80. The molecule has 0 radical (unpaired) electrons. The molecule has 0 saturated heterocycles. The number of nitrogens with zero attached hydrogens (tertiary/aromatic N) is 1. The summed E-state index contributed by atoms with van der Waals surface area (Å²) >= 11 is 5.92. The van der Waals surface area contributed by atoms with Gasteiger partial charge in [-0.2, -0.15) is 0 Å². The average molecular weight is 253 g/mol. The lowest BCUT2D eigenvalue weighted by atomic mass is 10.2. The predicted molar refractivity (Wildman–Crippen MR) is 63.4 cm³/mol. The fraction of sp³-hybridized carbons (Fsp3) is 0.100. The van der Waals surface area contributed by atoms with Crippen LogP contribution < -0.4 is 11.0 Å². The molecule has 0 atom stereocenters. The minimum Gasteiger partial charge on any atom is -0.319 e. The molecule has 1 aromatic carbocycles. The topological polar surface area (TPSA) is 90.6 Å². The summed E-state index contributed by atoms with van der Waals surface area (Å²) in [4.78, 5) is 24.7. The smallest absolute Gasteiger partial charge is 0.319 e. The van der Waals surface area contributed by atoms with Crippen molar-refractivity contribution in [3.8, 4) is 0 Å². The number of aromatic nitrogens is 3. The van der Waals surface area contributed by atoms with Crippen LogP contribution in [0.1, 0.15) is 16.2 Å². The van der Waals surface area contributed by atoms with E-state index in [0.29, 0.717) is 10.7 Å². The van der Waals surface area contributed by atoms with Crippen LogP contribution in [0, 0.1) is 6.92 Å². The number of anilines is 1. The quantitative estimate of drug-likeness (QED) is 0.753. The van der Waals surface area contributed by atoms with E-state index in [1.165, 1.54) is 0 Å². The number of carbonyl (C=O) groups excluding carboxylic acids is 1. The molecule has 3 N–H and O–H groups in total. The number of aromatic amines is 2. The summed E-state index contributed by atoms with van der Waals surface area (Å²) in [5, 5.41) is 8.80. The maximum Gasteiger partial charge on any atom is 0.341 e. The Morgan fingerprint density at radius 2 is 2.24 bits per heavy atom. The highest BCUT2D eigenvalue weighted by atomic mass is 35.5. The summed E-state index contributed by atoms with van der Waals surface area (Å²) in [6.45, 7) is 1.78. The standard InChI is InChI=1S/C10H9ClN4O2/c1-5-6(11)3-2-4-7(5)12-9(16)8-13-10(17)15-14-8/h2-4H,1H3,(H,12,16)(H2,13,14,15,17). The number of amides is 1. The number of carbonyl (C=O) groups is 1. The van der Waals surface area contributed by atoms with Crippen LogP contribution in [-0.2, 0) is 0 Å². The number of nitrogens with one attached hydrogen (secondary N) is 3. The van der Waals surface area contributed by atoms with E-state index in [0.717, 1.165) is 5.56 Å². The van der Waals surface area contributed by atoms with Crippen molar-refractivity contribution < 1.29 is 4.79 Å². The first-order valence-electron chi connectivity index (χ1n) is 4.79. The zero-order valence-corrected chi connectivity index (χ0v) is 9.63. The molecular formula is C10H9ClN4O2. The van der Waals surface area contributed by atoms with E-state index in [-0.39, 0.29) is 5.82 Å². The van der Waals surface area contributed by atoms with Gasteiger partial charge in [0, 0.05) is 10.7 Å². The highest BCUT2D eigenvalue weighted by Crippen LogP contribution is 2.22. The summed E-state index contributed by atoms with van der Waals surface area (Å²) in [6.07, 6.45) is 0. The van der Waals surface area contributed by atoms with Gasteiger partial charge < -0.3 is 5.32 Å². The van der Waals surface area contributed by atoms with Gasteiger partial charge in [0.15, 0.2) is 0 Å². The Bertz CT molecular complexity index is 617. The Kier molecular flexibility index (Phi) is 2.97. The van der Waals surface area contributed by atoms with Crippen molar-refractivity contribution in [2.45, 2.75) is 6.92 Å². The Morgan fingerprint density at radius 1 is 1.47 bits per heavy atom. The average Bonchev–Trinajstić information content (AvgIpc) is 2.72. The molecule has 0 fully saturated rings. The van der Waals surface area contributed by atoms with E-state index in [1.54, 1.807) is 25.1 Å². The fourth-order valence-electron chi connectivity index (χ4n) is 1.30. The van der Waals surface area contributed by atoms with E-state index in [4.69, 9.17) is 11.6 Å². The summed E-state index contributed by atoms with van der Waals surface area (Å²) in [7, 11) is 0. The Labute approximate surface area is 101 Å². The second-order valence-electron chi connectivity index (χ2n) is 3.39. The van der Waals surface area contributed by atoms with Gasteiger partial charge in [0.05, 0.1) is 0 Å². The third-order valence-corrected chi connectivity index (χ3v) is 2.64. The molecule has 0 bridgehead atoms. The first kappa shape index (κ1) is 11.4. The molecule has 2 aromatic rings. The second kappa shape index (κ2) is 4.42. The molecule has 1 heterocycles. The third kappa shape index (κ3) is 2.36. The number of hydrogen-bond acceptors (Lipinski definition) is 3. The minimum atomic E-state index is -0.530. The molecule has 0 unspecified atom stereocenters. The van der Waals surface area contributed by atoms with Crippen LogP contribution in [0.2, 0.25) is 5.02 Å². The molecule has 0 saturated carbocycles. The first-order valence-corrected chi connectivity index (χ1v) is 5.17. The Morgan fingerprint density at radius 3 is 2.88 bits per heavy atom. The first-order chi connectivity index (χ1) is 8.08. The lowest BCUT2D eigenvalue weighted by Gasteiger charge is -2.07. The molecule has 0 aliphatic heterocycles. The highest BCUT2D eigenvalue weighted by molar-refractivity contribution is 6.31. The van der Waals surface area contributed by atoms with Gasteiger partial charge in [-0.1, -0.05) is 17.7 Å². The fourth-order valence-corrected chi connectivity index (χ4v) is 1.48. The van der Waals surface area contributed by atoms with Crippen molar-refractivity contribution in [3.63, 3.8) is 0 Å². The van der Waals surface area contributed by atoms with Crippen molar-refractivity contribution in [1.29, 1.82) is 0 Å². The van der Waals surface area contributed by atoms with Gasteiger partial charge >= 0.3 is 5.69 Å². The molecule has 7 heteroatoms. The van der Waals surface area contributed by atoms with Crippen LogP contribution >= 0.6 is 11.6 Å². The van der Waals surface area contributed by atoms with Crippen LogP contribution in [0.5, 0.6) is 0 Å². The number of benzene rings is 1. The SMILES string of the molecule is Cc1c(Cl)cccc1NC(=O)c1n[nH]c(=O)[nH]1. The van der Waals surface area contributed by atoms with Crippen LogP contribution in [0.15, 0.2) is 23.0 Å². The van der Waals surface area contributed by atoms with Gasteiger partial charge in [0.25, 0.3) is 5.91 Å². The van der Waals surface area contributed by atoms with Gasteiger partial charge in [-0.05, 0) is 24.6 Å². The normalized spacial score (nSPS) is 10.2. The number of hydrogen-bond donors (Lipinski definition) is 3. The molecular weight excluding hydrogens is 244 g/mol. The largest absolute Gasteiger partial charge is 0.341 e. The van der Waals surface area contributed by atoms with Gasteiger partial charge in [-0.15, -0.1) is 5.10 Å². The summed E-state index contributed by atoms with van der Waals surface area (Å²) in [5.74, 6) is -0.580. The van der Waals surface area contributed by atoms with E-state index >= 15 is 0 Å². The lowest BCUT2D eigenvalue weighted by Crippen LogP contribution is -2.15. The predicted octanol–water partition coefficient (Wildman–Crippen LogP) is 1.31. The zero-order chi connectivity index (χ0) is 12.4. The molecule has 0 aliphatic carbocycles. The highest BCUT2D eigenvalue weighted by Gasteiger charge is 2.12. The molecule has 17 heavy (non-hydrogen) atoms. The molecule has 1 aromatic heterocycles. The summed E-state index contributed by atoms with van der Waals surface area (Å²) in [6, 6.07) is 5.16. The summed E-state index contributed by atoms with van der Waals surface area (Å²) < 4.78 is 0. The van der Waals surface area contributed by atoms with Gasteiger partial charge in [-0.25, -0.2) is 9.89 Å². The summed E-state index contributed by atoms with van der Waals surface area (Å²) in [5.41, 5.74) is 0.796. The maximum atomic E-state index is 11.7. The van der Waals surface area contributed by atoms with Crippen LogP contribution in [-0.4, -0.2) is 21.1 Å².